The van der Waals surface area contributed by atoms with Crippen LogP contribution in [0, 0.1) is 6.92 Å². The molecule has 4 rings (SSSR count). The summed E-state index contributed by atoms with van der Waals surface area (Å²) < 4.78 is 27.4. The molecular weight excluding hydrogens is 500 g/mol. The van der Waals surface area contributed by atoms with Crippen molar-refractivity contribution in [2.75, 3.05) is 11.1 Å². The molecule has 0 radical (unpaired) electrons. The van der Waals surface area contributed by atoms with Crippen LogP contribution in [0.3, 0.4) is 0 Å². The fourth-order valence-electron chi connectivity index (χ4n) is 3.60. The van der Waals surface area contributed by atoms with Gasteiger partial charge in [0.25, 0.3) is 0 Å². The number of carbonyl (C=O) groups excluding carboxylic acids is 1. The van der Waals surface area contributed by atoms with Gasteiger partial charge >= 0.3 is 0 Å². The van der Waals surface area contributed by atoms with Crippen molar-refractivity contribution in [3.63, 3.8) is 0 Å². The number of hydrogen-bond acceptors (Lipinski definition) is 6. The lowest BCUT2D eigenvalue weighted by Crippen LogP contribution is -2.08. The molecule has 3 aromatic carbocycles. The van der Waals surface area contributed by atoms with Crippen LogP contribution in [0.2, 0.25) is 5.02 Å². The van der Waals surface area contributed by atoms with Crippen LogP contribution in [0.15, 0.2) is 82.6 Å². The van der Waals surface area contributed by atoms with Crippen molar-refractivity contribution in [3.8, 4) is 0 Å². The van der Waals surface area contributed by atoms with E-state index in [-0.39, 0.29) is 31.1 Å². The summed E-state index contributed by atoms with van der Waals surface area (Å²) in [7, 11) is -4.01. The molecule has 0 unspecified atom stereocenters. The van der Waals surface area contributed by atoms with Gasteiger partial charge in [-0.25, -0.2) is 8.42 Å². The molecule has 0 aliphatic heterocycles. The molecule has 8 heteroatoms. The van der Waals surface area contributed by atoms with E-state index in [0.717, 1.165) is 22.5 Å². The first-order chi connectivity index (χ1) is 16.6. The van der Waals surface area contributed by atoms with Gasteiger partial charge in [-0.05, 0) is 66.9 Å². The Labute approximate surface area is 214 Å². The lowest BCUT2D eigenvalue weighted by Gasteiger charge is -2.11. The Bertz CT molecular complexity index is 1470. The molecule has 5 nitrogen and oxygen atoms in total. The van der Waals surface area contributed by atoms with Gasteiger partial charge < -0.3 is 11.1 Å². The fourth-order valence-corrected chi connectivity index (χ4v) is 6.66. The maximum atomic E-state index is 13.7. The SMILES string of the molecule is Cc1ccc(S(=O)(=O)c2c(Nc3ccc(C(C)C)cc3)sc(C(=O)c3ccc(Cl)cc3)c2N)cc1. The van der Waals surface area contributed by atoms with Crippen LogP contribution in [-0.2, 0) is 9.84 Å². The first kappa shape index (κ1) is 25.0. The summed E-state index contributed by atoms with van der Waals surface area (Å²) in [4.78, 5) is 13.4. The van der Waals surface area contributed by atoms with Crippen LogP contribution in [0.4, 0.5) is 16.4 Å². The summed E-state index contributed by atoms with van der Waals surface area (Å²) >= 11 is 6.99. The first-order valence-corrected chi connectivity index (χ1v) is 13.7. The predicted octanol–water partition coefficient (Wildman–Crippen LogP) is 7.22. The number of carbonyl (C=O) groups is 1. The van der Waals surface area contributed by atoms with Gasteiger partial charge in [0.15, 0.2) is 0 Å². The van der Waals surface area contributed by atoms with Gasteiger partial charge in [0, 0.05) is 16.3 Å². The van der Waals surface area contributed by atoms with Crippen LogP contribution < -0.4 is 11.1 Å². The van der Waals surface area contributed by atoms with Gasteiger partial charge in [0.2, 0.25) is 15.6 Å². The molecule has 180 valence electrons. The molecule has 0 spiro atoms. The minimum Gasteiger partial charge on any atom is -0.396 e. The number of nitrogens with one attached hydrogen (secondary N) is 1. The second kappa shape index (κ2) is 9.85. The lowest BCUT2D eigenvalue weighted by atomic mass is 10.0. The van der Waals surface area contributed by atoms with Crippen molar-refractivity contribution < 1.29 is 13.2 Å². The van der Waals surface area contributed by atoms with Crippen molar-refractivity contribution in [2.24, 2.45) is 0 Å². The van der Waals surface area contributed by atoms with Crippen molar-refractivity contribution in [3.05, 3.63) is 99.4 Å². The molecule has 1 heterocycles. The summed E-state index contributed by atoms with van der Waals surface area (Å²) in [6.45, 7) is 6.08. The number of nitrogen functional groups attached to an aromatic ring is 1. The average Bonchev–Trinajstić information content (AvgIpc) is 3.16. The molecule has 0 atom stereocenters. The van der Waals surface area contributed by atoms with Gasteiger partial charge in [-0.15, -0.1) is 11.3 Å². The van der Waals surface area contributed by atoms with E-state index in [2.05, 4.69) is 19.2 Å². The highest BCUT2D eigenvalue weighted by molar-refractivity contribution is 7.92. The summed E-state index contributed by atoms with van der Waals surface area (Å²) in [5.74, 6) is -0.00441. The number of hydrogen-bond donors (Lipinski definition) is 2. The third-order valence-electron chi connectivity index (χ3n) is 5.65. The van der Waals surface area contributed by atoms with E-state index in [9.17, 15) is 13.2 Å². The van der Waals surface area contributed by atoms with Crippen LogP contribution >= 0.6 is 22.9 Å². The first-order valence-electron chi connectivity index (χ1n) is 11.0. The molecule has 1 aromatic heterocycles. The van der Waals surface area contributed by atoms with E-state index >= 15 is 0 Å². The topological polar surface area (TPSA) is 89.3 Å². The predicted molar refractivity (Wildman–Crippen MR) is 144 cm³/mol. The Hall–Kier alpha value is -3.13. The molecule has 0 saturated heterocycles. The Balaban J connectivity index is 1.84. The quantitative estimate of drug-likeness (QED) is 0.249. The van der Waals surface area contributed by atoms with Crippen LogP contribution in [-0.4, -0.2) is 14.2 Å². The zero-order valence-corrected chi connectivity index (χ0v) is 21.9. The highest BCUT2D eigenvalue weighted by atomic mass is 35.5. The number of halogens is 1. The molecule has 35 heavy (non-hydrogen) atoms. The molecule has 4 aromatic rings. The van der Waals surface area contributed by atoms with Crippen molar-refractivity contribution in [1.29, 1.82) is 0 Å². The van der Waals surface area contributed by atoms with Crippen molar-refractivity contribution in [1.82, 2.24) is 0 Å². The largest absolute Gasteiger partial charge is 0.396 e. The van der Waals surface area contributed by atoms with E-state index in [0.29, 0.717) is 22.2 Å². The maximum absolute atomic E-state index is 13.7. The third kappa shape index (κ3) is 5.12. The van der Waals surface area contributed by atoms with Crippen LogP contribution in [0.25, 0.3) is 0 Å². The fraction of sp³-hybridized carbons (Fsp3) is 0.148. The molecule has 0 amide bonds. The smallest absolute Gasteiger partial charge is 0.211 e. The lowest BCUT2D eigenvalue weighted by molar-refractivity contribution is 0.104. The number of sulfone groups is 1. The molecule has 0 aliphatic rings. The molecule has 0 aliphatic carbocycles. The average molecular weight is 525 g/mol. The Morgan fingerprint density at radius 2 is 1.54 bits per heavy atom. The van der Waals surface area contributed by atoms with Crippen molar-refractivity contribution >= 4 is 54.9 Å². The van der Waals surface area contributed by atoms with Crippen molar-refractivity contribution in [2.45, 2.75) is 36.5 Å². The zero-order chi connectivity index (χ0) is 25.3. The molecular formula is C27H25ClN2O3S2. The van der Waals surface area contributed by atoms with Gasteiger partial charge in [0.05, 0.1) is 10.6 Å². The summed E-state index contributed by atoms with van der Waals surface area (Å²) in [6.07, 6.45) is 0. The highest BCUT2D eigenvalue weighted by Crippen LogP contribution is 2.44. The number of rotatable bonds is 7. The monoisotopic (exact) mass is 524 g/mol. The summed E-state index contributed by atoms with van der Waals surface area (Å²) in [5, 5.41) is 3.97. The van der Waals surface area contributed by atoms with Crippen LogP contribution in [0.5, 0.6) is 0 Å². The second-order valence-electron chi connectivity index (χ2n) is 8.56. The van der Waals surface area contributed by atoms with E-state index in [1.54, 1.807) is 48.5 Å². The number of ketones is 1. The van der Waals surface area contributed by atoms with E-state index in [1.165, 1.54) is 0 Å². The van der Waals surface area contributed by atoms with Gasteiger partial charge in [0.1, 0.15) is 14.8 Å². The number of nitrogens with two attached hydrogens (primary N) is 1. The van der Waals surface area contributed by atoms with E-state index < -0.39 is 9.84 Å². The highest BCUT2D eigenvalue weighted by Gasteiger charge is 2.31. The number of aryl methyl sites for hydroxylation is 1. The van der Waals surface area contributed by atoms with Gasteiger partial charge in [-0.1, -0.05) is 55.3 Å². The molecule has 0 fully saturated rings. The minimum atomic E-state index is -4.01. The van der Waals surface area contributed by atoms with Crippen LogP contribution in [0.1, 0.15) is 46.1 Å². The number of thiophene rings is 1. The Kier molecular flexibility index (Phi) is 7.03. The van der Waals surface area contributed by atoms with Gasteiger partial charge in [-0.3, -0.25) is 4.79 Å². The van der Waals surface area contributed by atoms with Gasteiger partial charge in [-0.2, -0.15) is 0 Å². The summed E-state index contributed by atoms with van der Waals surface area (Å²) in [6, 6.07) is 20.7. The standard InChI is InChI=1S/C27H25ClN2O3S2/c1-16(2)18-8-12-21(13-9-18)30-27-26(35(32,33)22-14-4-17(3)5-15-22)23(29)25(34-27)24(31)19-6-10-20(28)11-7-19/h4-16,30H,29H2,1-3H3. The number of benzene rings is 3. The zero-order valence-electron chi connectivity index (χ0n) is 19.5. The Morgan fingerprint density at radius 3 is 2.11 bits per heavy atom. The minimum absolute atomic E-state index is 0.0724. The van der Waals surface area contributed by atoms with E-state index in [1.807, 2.05) is 31.2 Å². The van der Waals surface area contributed by atoms with E-state index in [4.69, 9.17) is 17.3 Å². The normalized spacial score (nSPS) is 11.6. The molecule has 3 N–H and O–H groups in total. The molecule has 0 saturated carbocycles. The molecule has 0 bridgehead atoms. The third-order valence-corrected chi connectivity index (χ3v) is 9.00. The Morgan fingerprint density at radius 1 is 0.943 bits per heavy atom. The second-order valence-corrected chi connectivity index (χ2v) is 11.9. The maximum Gasteiger partial charge on any atom is 0.211 e. The number of anilines is 3. The summed E-state index contributed by atoms with van der Waals surface area (Å²) in [5.41, 5.74) is 9.48.